The Morgan fingerprint density at radius 2 is 2.29 bits per heavy atom. The number of nitrogens with one attached hydrogen (secondary N) is 1. The smallest absolute Gasteiger partial charge is 0.194 e. The van der Waals surface area contributed by atoms with Crippen LogP contribution in [0.1, 0.15) is 43.6 Å². The van der Waals surface area contributed by atoms with Crippen LogP contribution < -0.4 is 5.32 Å². The molecule has 0 saturated heterocycles. The Morgan fingerprint density at radius 1 is 1.59 bits per heavy atom. The maximum atomic E-state index is 5.37. The summed E-state index contributed by atoms with van der Waals surface area (Å²) in [4.78, 5) is 0. The Balaban J connectivity index is 2.00. The van der Waals surface area contributed by atoms with E-state index in [0.717, 1.165) is 29.9 Å². The molecule has 0 spiro atoms. The molecule has 3 rings (SSSR count). The molecule has 4 heteroatoms. The normalized spacial score (nSPS) is 27.5. The van der Waals surface area contributed by atoms with Crippen molar-refractivity contribution in [3.05, 3.63) is 17.0 Å². The lowest BCUT2D eigenvalue weighted by atomic mass is 9.98. The average molecular weight is 249 g/mol. The fourth-order valence-electron chi connectivity index (χ4n) is 3.49. The lowest BCUT2D eigenvalue weighted by Gasteiger charge is -2.11. The van der Waals surface area contributed by atoms with Gasteiger partial charge in [-0.1, -0.05) is 13.8 Å². The minimum absolute atomic E-state index is 0.478. The van der Waals surface area contributed by atoms with Gasteiger partial charge in [0, 0.05) is 12.1 Å². The molecule has 0 aliphatic heterocycles. The molecule has 92 valence electrons. The standard InChI is InChI=1S/C13H19N3S/c1-5-14-12(17)16-9-6-8-11(13(8,3)4)10(9)7(2)15-16/h8,11H,5-6H2,1-4H3,(H,14,17)/t8-,11-/m1/s1. The summed E-state index contributed by atoms with van der Waals surface area (Å²) in [5, 5.41) is 8.54. The second kappa shape index (κ2) is 3.31. The Morgan fingerprint density at radius 3 is 2.94 bits per heavy atom. The van der Waals surface area contributed by atoms with E-state index in [0.29, 0.717) is 5.41 Å². The van der Waals surface area contributed by atoms with Crippen LogP contribution >= 0.6 is 12.2 Å². The summed E-state index contributed by atoms with van der Waals surface area (Å²) in [5.74, 6) is 1.53. The Labute approximate surface area is 108 Å². The molecule has 2 aliphatic carbocycles. The number of aryl methyl sites for hydroxylation is 1. The largest absolute Gasteiger partial charge is 0.361 e. The molecule has 0 unspecified atom stereocenters. The van der Waals surface area contributed by atoms with Gasteiger partial charge in [0.2, 0.25) is 0 Å². The van der Waals surface area contributed by atoms with Crippen molar-refractivity contribution >= 4 is 17.3 Å². The van der Waals surface area contributed by atoms with Gasteiger partial charge in [-0.15, -0.1) is 0 Å². The molecule has 1 heterocycles. The quantitative estimate of drug-likeness (QED) is 0.774. The highest BCUT2D eigenvalue weighted by molar-refractivity contribution is 7.80. The van der Waals surface area contributed by atoms with Gasteiger partial charge in [0.1, 0.15) is 0 Å². The highest BCUT2D eigenvalue weighted by Crippen LogP contribution is 2.70. The SMILES string of the molecule is CCNC(=S)n1nc(C)c2c1C[C@@H]1[C@H]2C1(C)C. The molecule has 1 fully saturated rings. The third-order valence-corrected chi connectivity index (χ3v) is 4.82. The Bertz CT molecular complexity index is 501. The van der Waals surface area contributed by atoms with E-state index in [1.165, 1.54) is 17.0 Å². The zero-order valence-corrected chi connectivity index (χ0v) is 11.7. The molecular formula is C13H19N3S. The number of nitrogens with zero attached hydrogens (tertiary/aromatic N) is 2. The number of hydrogen-bond donors (Lipinski definition) is 1. The number of rotatable bonds is 1. The van der Waals surface area contributed by atoms with Crippen LogP contribution in [0.2, 0.25) is 0 Å². The van der Waals surface area contributed by atoms with Gasteiger partial charge in [-0.25, -0.2) is 4.68 Å². The predicted octanol–water partition coefficient (Wildman–Crippen LogP) is 2.23. The van der Waals surface area contributed by atoms with Gasteiger partial charge in [-0.05, 0) is 49.7 Å². The summed E-state index contributed by atoms with van der Waals surface area (Å²) in [6, 6.07) is 0. The average Bonchev–Trinajstić information content (AvgIpc) is 2.66. The first-order chi connectivity index (χ1) is 7.98. The minimum Gasteiger partial charge on any atom is -0.361 e. The lowest BCUT2D eigenvalue weighted by molar-refractivity contribution is 0.534. The number of fused-ring (bicyclic) bond motifs is 3. The summed E-state index contributed by atoms with van der Waals surface area (Å²) in [5.41, 5.74) is 4.46. The zero-order chi connectivity index (χ0) is 12.4. The van der Waals surface area contributed by atoms with E-state index < -0.39 is 0 Å². The van der Waals surface area contributed by atoms with Gasteiger partial charge >= 0.3 is 0 Å². The maximum absolute atomic E-state index is 5.37. The van der Waals surface area contributed by atoms with Crippen molar-refractivity contribution in [2.75, 3.05) is 6.54 Å². The van der Waals surface area contributed by atoms with Crippen molar-refractivity contribution in [2.45, 2.75) is 40.0 Å². The van der Waals surface area contributed by atoms with Crippen molar-refractivity contribution in [3.63, 3.8) is 0 Å². The van der Waals surface area contributed by atoms with Crippen LogP contribution in [0.5, 0.6) is 0 Å². The minimum atomic E-state index is 0.478. The summed E-state index contributed by atoms with van der Waals surface area (Å²) in [6.45, 7) is 9.75. The third kappa shape index (κ3) is 1.33. The molecule has 0 radical (unpaired) electrons. The van der Waals surface area contributed by atoms with Gasteiger partial charge in [-0.3, -0.25) is 0 Å². The molecule has 0 bridgehead atoms. The highest BCUT2D eigenvalue weighted by atomic mass is 32.1. The number of hydrogen-bond acceptors (Lipinski definition) is 2. The first kappa shape index (κ1) is 11.2. The first-order valence-corrected chi connectivity index (χ1v) is 6.76. The van der Waals surface area contributed by atoms with Crippen LogP contribution in [0.25, 0.3) is 0 Å². The molecule has 3 nitrogen and oxygen atoms in total. The third-order valence-electron chi connectivity index (χ3n) is 4.50. The van der Waals surface area contributed by atoms with Crippen molar-refractivity contribution < 1.29 is 0 Å². The summed E-state index contributed by atoms with van der Waals surface area (Å²) < 4.78 is 1.95. The van der Waals surface area contributed by atoms with E-state index in [4.69, 9.17) is 12.2 Å². The van der Waals surface area contributed by atoms with Crippen LogP contribution in [0.3, 0.4) is 0 Å². The predicted molar refractivity (Wildman–Crippen MR) is 72.4 cm³/mol. The summed E-state index contributed by atoms with van der Waals surface area (Å²) in [6.07, 6.45) is 1.14. The second-order valence-electron chi connectivity index (χ2n) is 5.80. The lowest BCUT2D eigenvalue weighted by Crippen LogP contribution is -2.30. The molecule has 17 heavy (non-hydrogen) atoms. The Kier molecular flexibility index (Phi) is 2.18. The van der Waals surface area contributed by atoms with Gasteiger partial charge in [0.15, 0.2) is 5.11 Å². The molecule has 1 N–H and O–H groups in total. The topological polar surface area (TPSA) is 29.9 Å². The zero-order valence-electron chi connectivity index (χ0n) is 10.9. The van der Waals surface area contributed by atoms with Gasteiger partial charge in [0.05, 0.1) is 11.4 Å². The fourth-order valence-corrected chi connectivity index (χ4v) is 3.78. The van der Waals surface area contributed by atoms with E-state index in [2.05, 4.69) is 38.1 Å². The monoisotopic (exact) mass is 249 g/mol. The van der Waals surface area contributed by atoms with Gasteiger partial charge < -0.3 is 5.32 Å². The first-order valence-electron chi connectivity index (χ1n) is 6.35. The van der Waals surface area contributed by atoms with E-state index in [9.17, 15) is 0 Å². The van der Waals surface area contributed by atoms with E-state index in [1.807, 2.05) is 4.68 Å². The molecule has 1 saturated carbocycles. The van der Waals surface area contributed by atoms with E-state index in [-0.39, 0.29) is 0 Å². The van der Waals surface area contributed by atoms with Crippen LogP contribution in [-0.4, -0.2) is 21.4 Å². The summed E-state index contributed by atoms with van der Waals surface area (Å²) >= 11 is 5.37. The fraction of sp³-hybridized carbons (Fsp3) is 0.692. The summed E-state index contributed by atoms with van der Waals surface area (Å²) in [7, 11) is 0. The van der Waals surface area contributed by atoms with Crippen LogP contribution in [-0.2, 0) is 6.42 Å². The molecule has 2 atom stereocenters. The maximum Gasteiger partial charge on any atom is 0.194 e. The van der Waals surface area contributed by atoms with Crippen molar-refractivity contribution in [2.24, 2.45) is 11.3 Å². The molecule has 0 amide bonds. The van der Waals surface area contributed by atoms with Crippen molar-refractivity contribution in [1.29, 1.82) is 0 Å². The van der Waals surface area contributed by atoms with Gasteiger partial charge in [-0.2, -0.15) is 5.10 Å². The molecular weight excluding hydrogens is 230 g/mol. The highest BCUT2D eigenvalue weighted by Gasteiger charge is 2.63. The number of thiocarbonyl (C=S) groups is 1. The van der Waals surface area contributed by atoms with E-state index >= 15 is 0 Å². The van der Waals surface area contributed by atoms with E-state index in [1.54, 1.807) is 0 Å². The van der Waals surface area contributed by atoms with Crippen molar-refractivity contribution in [1.82, 2.24) is 15.1 Å². The van der Waals surface area contributed by atoms with Crippen LogP contribution in [0.15, 0.2) is 0 Å². The second-order valence-corrected chi connectivity index (χ2v) is 6.19. The molecule has 0 aromatic carbocycles. The molecule has 1 aromatic rings. The Hall–Kier alpha value is -0.900. The van der Waals surface area contributed by atoms with Crippen LogP contribution in [0, 0.1) is 18.3 Å². The number of aromatic nitrogens is 2. The molecule has 1 aromatic heterocycles. The van der Waals surface area contributed by atoms with Gasteiger partial charge in [0.25, 0.3) is 0 Å². The van der Waals surface area contributed by atoms with Crippen molar-refractivity contribution in [3.8, 4) is 0 Å². The van der Waals surface area contributed by atoms with Crippen LogP contribution in [0.4, 0.5) is 0 Å². The molecule has 2 aliphatic rings.